The molecule has 2 heteroatoms. The van der Waals surface area contributed by atoms with Gasteiger partial charge in [-0.1, -0.05) is 41.0 Å². The smallest absolute Gasteiger partial charge is 0.0687 e. The summed E-state index contributed by atoms with van der Waals surface area (Å²) >= 11 is 0. The van der Waals surface area contributed by atoms with Gasteiger partial charge in [-0.2, -0.15) is 0 Å². The van der Waals surface area contributed by atoms with Crippen LogP contribution in [0.15, 0.2) is 0 Å². The van der Waals surface area contributed by atoms with E-state index in [1.807, 2.05) is 0 Å². The van der Waals surface area contributed by atoms with E-state index in [2.05, 4.69) is 41.5 Å². The van der Waals surface area contributed by atoms with Gasteiger partial charge in [-0.25, -0.2) is 0 Å². The van der Waals surface area contributed by atoms with E-state index in [-0.39, 0.29) is 11.7 Å². The molecule has 31 heavy (non-hydrogen) atoms. The maximum Gasteiger partial charge on any atom is 0.0687 e. The van der Waals surface area contributed by atoms with Crippen molar-refractivity contribution in [3.8, 4) is 0 Å². The molecule has 1 aliphatic heterocycles. The highest BCUT2D eigenvalue weighted by molar-refractivity contribution is 5.15. The molecule has 0 radical (unpaired) electrons. The monoisotopic (exact) mass is 430 g/mol. The van der Waals surface area contributed by atoms with Gasteiger partial charge in [0.25, 0.3) is 0 Å². The fourth-order valence-electron chi connectivity index (χ4n) is 10.1. The van der Waals surface area contributed by atoms with Crippen LogP contribution in [-0.2, 0) is 4.74 Å². The Bertz CT molecular complexity index is 676. The maximum atomic E-state index is 10.3. The molecule has 1 heterocycles. The van der Waals surface area contributed by atoms with Gasteiger partial charge in [-0.3, -0.25) is 0 Å². The van der Waals surface area contributed by atoms with Crippen molar-refractivity contribution >= 4 is 0 Å². The first-order valence-electron chi connectivity index (χ1n) is 14.0. The number of aliphatic hydroxyl groups is 1. The van der Waals surface area contributed by atoms with Crippen LogP contribution in [0.2, 0.25) is 0 Å². The molecule has 0 aromatic carbocycles. The van der Waals surface area contributed by atoms with E-state index >= 15 is 0 Å². The quantitative estimate of drug-likeness (QED) is 0.509. The van der Waals surface area contributed by atoms with Crippen molar-refractivity contribution in [3.63, 3.8) is 0 Å². The third-order valence-corrected chi connectivity index (χ3v) is 12.5. The van der Waals surface area contributed by atoms with Crippen molar-refractivity contribution in [2.75, 3.05) is 0 Å². The van der Waals surface area contributed by atoms with Gasteiger partial charge in [0.1, 0.15) is 0 Å². The number of hydrogen-bond donors (Lipinski definition) is 1. The summed E-state index contributed by atoms with van der Waals surface area (Å²) in [6, 6.07) is 0. The van der Waals surface area contributed by atoms with Crippen LogP contribution < -0.4 is 0 Å². The second-order valence-corrected chi connectivity index (χ2v) is 13.7. The Balaban J connectivity index is 1.35. The average molecular weight is 431 g/mol. The van der Waals surface area contributed by atoms with Crippen molar-refractivity contribution < 1.29 is 9.84 Å². The first-order valence-corrected chi connectivity index (χ1v) is 14.0. The van der Waals surface area contributed by atoms with E-state index in [0.717, 1.165) is 48.3 Å². The fourth-order valence-corrected chi connectivity index (χ4v) is 10.1. The number of hydrogen-bond acceptors (Lipinski definition) is 2. The van der Waals surface area contributed by atoms with Gasteiger partial charge in [0.05, 0.1) is 17.8 Å². The van der Waals surface area contributed by atoms with Crippen molar-refractivity contribution in [2.45, 2.75) is 130 Å². The van der Waals surface area contributed by atoms with Crippen LogP contribution in [0, 0.1) is 52.3 Å². The Morgan fingerprint density at radius 1 is 0.968 bits per heavy atom. The van der Waals surface area contributed by atoms with Crippen LogP contribution in [0.5, 0.6) is 0 Å². The predicted octanol–water partition coefficient (Wildman–Crippen LogP) is 7.24. The fraction of sp³-hybridized carbons (Fsp3) is 1.00. The van der Waals surface area contributed by atoms with Gasteiger partial charge in [0.2, 0.25) is 0 Å². The molecule has 5 rings (SSSR count). The van der Waals surface area contributed by atoms with Crippen LogP contribution in [0.3, 0.4) is 0 Å². The molecule has 12 atom stereocenters. The van der Waals surface area contributed by atoms with E-state index in [1.165, 1.54) is 57.8 Å². The second-order valence-electron chi connectivity index (χ2n) is 13.7. The van der Waals surface area contributed by atoms with E-state index in [0.29, 0.717) is 22.9 Å². The molecule has 178 valence electrons. The number of rotatable bonds is 4. The minimum absolute atomic E-state index is 0.0309. The summed E-state index contributed by atoms with van der Waals surface area (Å²) in [5, 5.41) is 10.3. The Hall–Kier alpha value is -0.0800. The largest absolute Gasteiger partial charge is 0.393 e. The molecule has 0 bridgehead atoms. The van der Waals surface area contributed by atoms with Gasteiger partial charge in [0, 0.05) is 0 Å². The lowest BCUT2D eigenvalue weighted by Gasteiger charge is -2.61. The molecule has 0 aromatic rings. The molecule has 5 aliphatic rings. The number of ether oxygens (including phenoxy) is 1. The SMILES string of the molecule is CC[C@@H](C)CC[C@@]1(C)O[C@H]2C[C@H]3[C@@H]4CC[C@@H]5C[C@@H](O)CC[C@]5(C)[C@H]4CC[C@]3(C)[C@H]2[C@@H]1C. The summed E-state index contributed by atoms with van der Waals surface area (Å²) in [5.74, 6) is 5.70. The van der Waals surface area contributed by atoms with Gasteiger partial charge in [0.15, 0.2) is 0 Å². The van der Waals surface area contributed by atoms with E-state index < -0.39 is 0 Å². The molecule has 4 aliphatic carbocycles. The predicted molar refractivity (Wildman–Crippen MR) is 128 cm³/mol. The highest BCUT2D eigenvalue weighted by Crippen LogP contribution is 2.71. The molecule has 0 aromatic heterocycles. The van der Waals surface area contributed by atoms with Gasteiger partial charge in [-0.15, -0.1) is 0 Å². The molecule has 5 fully saturated rings. The summed E-state index contributed by atoms with van der Waals surface area (Å²) in [6.45, 7) is 15.0. The molecular weight excluding hydrogens is 380 g/mol. The van der Waals surface area contributed by atoms with Gasteiger partial charge >= 0.3 is 0 Å². The average Bonchev–Trinajstić information content (AvgIpc) is 3.17. The Kier molecular flexibility index (Phi) is 5.66. The van der Waals surface area contributed by atoms with Crippen LogP contribution in [-0.4, -0.2) is 22.9 Å². The third kappa shape index (κ3) is 3.31. The summed E-state index contributed by atoms with van der Waals surface area (Å²) in [4.78, 5) is 0. The lowest BCUT2D eigenvalue weighted by molar-refractivity contribution is -0.133. The molecular formula is C29H50O2. The highest BCUT2D eigenvalue weighted by atomic mass is 16.5. The lowest BCUT2D eigenvalue weighted by Crippen LogP contribution is -2.54. The standard InChI is InChI=1S/C29H50O2/c1-7-18(2)10-15-29(6)19(3)26-25(31-29)17-24-22-9-8-20-16-21(30)11-13-27(20,4)23(22)12-14-28(24,26)5/h18-26,30H,7-17H2,1-6H3/t18-,19+,20-,21+,22-,23+,24+,25+,26+,27+,28+,29-/m1/s1. The van der Waals surface area contributed by atoms with Crippen molar-refractivity contribution in [1.82, 2.24) is 0 Å². The van der Waals surface area contributed by atoms with Crippen molar-refractivity contribution in [1.29, 1.82) is 0 Å². The third-order valence-electron chi connectivity index (χ3n) is 12.5. The normalized spacial score (nSPS) is 57.0. The van der Waals surface area contributed by atoms with Crippen LogP contribution in [0.25, 0.3) is 0 Å². The molecule has 1 saturated heterocycles. The molecule has 1 N–H and O–H groups in total. The van der Waals surface area contributed by atoms with Gasteiger partial charge < -0.3 is 9.84 Å². The first-order chi connectivity index (χ1) is 14.6. The van der Waals surface area contributed by atoms with Crippen molar-refractivity contribution in [2.24, 2.45) is 52.3 Å². The molecule has 4 saturated carbocycles. The summed E-state index contributed by atoms with van der Waals surface area (Å²) in [6.07, 6.45) is 14.6. The maximum absolute atomic E-state index is 10.3. The van der Waals surface area contributed by atoms with Crippen molar-refractivity contribution in [3.05, 3.63) is 0 Å². The van der Waals surface area contributed by atoms with Crippen LogP contribution >= 0.6 is 0 Å². The van der Waals surface area contributed by atoms with Gasteiger partial charge in [-0.05, 0) is 123 Å². The highest BCUT2D eigenvalue weighted by Gasteiger charge is 2.67. The lowest BCUT2D eigenvalue weighted by atomic mass is 9.44. The van der Waals surface area contributed by atoms with E-state index in [1.54, 1.807) is 0 Å². The zero-order valence-corrected chi connectivity index (χ0v) is 21.3. The Labute approximate surface area is 192 Å². The Morgan fingerprint density at radius 3 is 2.45 bits per heavy atom. The van der Waals surface area contributed by atoms with E-state index in [4.69, 9.17) is 4.74 Å². The topological polar surface area (TPSA) is 29.5 Å². The molecule has 0 spiro atoms. The first kappa shape index (κ1) is 22.7. The zero-order chi connectivity index (χ0) is 22.2. The van der Waals surface area contributed by atoms with E-state index in [9.17, 15) is 5.11 Å². The summed E-state index contributed by atoms with van der Waals surface area (Å²) in [7, 11) is 0. The molecule has 2 nitrogen and oxygen atoms in total. The number of aliphatic hydroxyl groups excluding tert-OH is 1. The minimum atomic E-state index is -0.0309. The molecule has 0 unspecified atom stereocenters. The van der Waals surface area contributed by atoms with Crippen LogP contribution in [0.4, 0.5) is 0 Å². The number of fused-ring (bicyclic) bond motifs is 7. The molecule has 0 amide bonds. The minimum Gasteiger partial charge on any atom is -0.393 e. The Morgan fingerprint density at radius 2 is 1.71 bits per heavy atom. The zero-order valence-electron chi connectivity index (χ0n) is 21.3. The summed E-state index contributed by atoms with van der Waals surface area (Å²) in [5.41, 5.74) is 1.06. The second kappa shape index (κ2) is 7.72. The van der Waals surface area contributed by atoms with Crippen LogP contribution in [0.1, 0.15) is 112 Å². The summed E-state index contributed by atoms with van der Waals surface area (Å²) < 4.78 is 7.03.